The van der Waals surface area contributed by atoms with Crippen LogP contribution in [0.15, 0.2) is 18.2 Å². The van der Waals surface area contributed by atoms with Gasteiger partial charge in [-0.25, -0.2) is 0 Å². The Labute approximate surface area is 102 Å². The van der Waals surface area contributed by atoms with Gasteiger partial charge in [0, 0.05) is 6.42 Å². The van der Waals surface area contributed by atoms with E-state index in [1.54, 1.807) is 0 Å². The summed E-state index contributed by atoms with van der Waals surface area (Å²) in [7, 11) is 0. The molecular weight excluding hydrogens is 218 g/mol. The van der Waals surface area contributed by atoms with Crippen LogP contribution >= 0.6 is 0 Å². The maximum absolute atomic E-state index is 10.7. The van der Waals surface area contributed by atoms with Gasteiger partial charge in [-0.2, -0.15) is 0 Å². The Morgan fingerprint density at radius 2 is 1.82 bits per heavy atom. The molecule has 0 saturated carbocycles. The molecule has 0 fully saturated rings. The van der Waals surface area contributed by atoms with E-state index in [2.05, 4.69) is 0 Å². The number of carbonyl (C=O) groups excluding carboxylic acids is 1. The van der Waals surface area contributed by atoms with Crippen molar-refractivity contribution in [1.29, 1.82) is 0 Å². The Bertz CT molecular complexity index is 377. The molecule has 94 valence electrons. The van der Waals surface area contributed by atoms with Crippen molar-refractivity contribution in [3.05, 3.63) is 23.8 Å². The second-order valence-electron chi connectivity index (χ2n) is 3.61. The molecule has 0 bridgehead atoms. The summed E-state index contributed by atoms with van der Waals surface area (Å²) in [6, 6.07) is 5.69. The lowest BCUT2D eigenvalue weighted by Gasteiger charge is -2.12. The van der Waals surface area contributed by atoms with E-state index in [-0.39, 0.29) is 5.91 Å². The van der Waals surface area contributed by atoms with Crippen LogP contribution in [0.5, 0.6) is 11.5 Å². The second-order valence-corrected chi connectivity index (χ2v) is 3.61. The van der Waals surface area contributed by atoms with Crippen molar-refractivity contribution < 1.29 is 14.3 Å². The number of carbonyl (C=O) groups is 1. The van der Waals surface area contributed by atoms with Crippen LogP contribution in [0, 0.1) is 0 Å². The summed E-state index contributed by atoms with van der Waals surface area (Å²) in [4.78, 5) is 10.7. The fourth-order valence-electron chi connectivity index (χ4n) is 1.52. The second kappa shape index (κ2) is 6.78. The normalized spacial score (nSPS) is 10.0. The smallest absolute Gasteiger partial charge is 0.217 e. The summed E-state index contributed by atoms with van der Waals surface area (Å²) in [6.07, 6.45) is 0.974. The molecule has 1 aromatic rings. The van der Waals surface area contributed by atoms with E-state index in [1.165, 1.54) is 0 Å². The third-order valence-corrected chi connectivity index (χ3v) is 2.27. The van der Waals surface area contributed by atoms with Crippen LogP contribution in [0.2, 0.25) is 0 Å². The predicted molar refractivity (Wildman–Crippen MR) is 66.3 cm³/mol. The molecule has 1 aromatic carbocycles. The molecule has 0 unspecified atom stereocenters. The number of hydrogen-bond acceptors (Lipinski definition) is 3. The van der Waals surface area contributed by atoms with Crippen molar-refractivity contribution in [2.75, 3.05) is 13.2 Å². The minimum absolute atomic E-state index is 0.295. The first-order valence-electron chi connectivity index (χ1n) is 5.84. The molecule has 0 heterocycles. The van der Waals surface area contributed by atoms with E-state index in [9.17, 15) is 4.79 Å². The average Bonchev–Trinajstić information content (AvgIpc) is 2.30. The number of nitrogens with two attached hydrogens (primary N) is 1. The Balaban J connectivity index is 2.80. The largest absolute Gasteiger partial charge is 0.490 e. The number of aryl methyl sites for hydroxylation is 1. The highest BCUT2D eigenvalue weighted by Gasteiger charge is 2.06. The van der Waals surface area contributed by atoms with E-state index in [1.807, 2.05) is 32.0 Å². The lowest BCUT2D eigenvalue weighted by atomic mass is 10.1. The summed E-state index contributed by atoms with van der Waals surface area (Å²) >= 11 is 0. The monoisotopic (exact) mass is 237 g/mol. The van der Waals surface area contributed by atoms with Crippen molar-refractivity contribution in [3.63, 3.8) is 0 Å². The quantitative estimate of drug-likeness (QED) is 0.787. The van der Waals surface area contributed by atoms with E-state index < -0.39 is 0 Å². The molecule has 17 heavy (non-hydrogen) atoms. The number of amides is 1. The summed E-state index contributed by atoms with van der Waals surface area (Å²) in [5.74, 6) is 1.16. The van der Waals surface area contributed by atoms with Crippen LogP contribution in [-0.4, -0.2) is 19.1 Å². The van der Waals surface area contributed by atoms with Gasteiger partial charge in [-0.1, -0.05) is 6.07 Å². The minimum Gasteiger partial charge on any atom is -0.490 e. The Hall–Kier alpha value is -1.71. The van der Waals surface area contributed by atoms with Gasteiger partial charge in [0.05, 0.1) is 13.2 Å². The molecule has 0 spiro atoms. The van der Waals surface area contributed by atoms with E-state index in [0.717, 1.165) is 17.1 Å². The molecule has 0 saturated heterocycles. The van der Waals surface area contributed by atoms with Gasteiger partial charge < -0.3 is 15.2 Å². The third kappa shape index (κ3) is 4.34. The summed E-state index contributed by atoms with van der Waals surface area (Å²) < 4.78 is 10.9. The molecule has 0 aromatic heterocycles. The number of rotatable bonds is 7. The Kier molecular flexibility index (Phi) is 5.33. The molecule has 0 aliphatic heterocycles. The van der Waals surface area contributed by atoms with Crippen LogP contribution in [0.4, 0.5) is 0 Å². The van der Waals surface area contributed by atoms with Gasteiger partial charge in [0.25, 0.3) is 0 Å². The zero-order valence-electron chi connectivity index (χ0n) is 10.4. The van der Waals surface area contributed by atoms with Crippen LogP contribution in [-0.2, 0) is 11.2 Å². The predicted octanol–water partition coefficient (Wildman–Crippen LogP) is 1.90. The number of hydrogen-bond donors (Lipinski definition) is 1. The molecule has 4 nitrogen and oxygen atoms in total. The zero-order valence-corrected chi connectivity index (χ0v) is 10.4. The van der Waals surface area contributed by atoms with Gasteiger partial charge >= 0.3 is 0 Å². The summed E-state index contributed by atoms with van der Waals surface area (Å²) in [5.41, 5.74) is 6.14. The maximum atomic E-state index is 10.7. The average molecular weight is 237 g/mol. The number of benzene rings is 1. The molecule has 4 heteroatoms. The topological polar surface area (TPSA) is 61.5 Å². The van der Waals surface area contributed by atoms with E-state index >= 15 is 0 Å². The first-order valence-corrected chi connectivity index (χ1v) is 5.84. The molecule has 0 atom stereocenters. The molecule has 0 radical (unpaired) electrons. The van der Waals surface area contributed by atoms with E-state index in [0.29, 0.717) is 26.1 Å². The first-order chi connectivity index (χ1) is 8.17. The first kappa shape index (κ1) is 13.4. The Morgan fingerprint density at radius 1 is 1.18 bits per heavy atom. The maximum Gasteiger partial charge on any atom is 0.217 e. The van der Waals surface area contributed by atoms with Crippen molar-refractivity contribution >= 4 is 5.91 Å². The highest BCUT2D eigenvalue weighted by Crippen LogP contribution is 2.28. The van der Waals surface area contributed by atoms with Gasteiger partial charge in [0.2, 0.25) is 5.91 Å². The highest BCUT2D eigenvalue weighted by atomic mass is 16.5. The number of ether oxygens (including phenoxy) is 2. The van der Waals surface area contributed by atoms with Gasteiger partial charge in [-0.3, -0.25) is 4.79 Å². The fraction of sp³-hybridized carbons (Fsp3) is 0.462. The molecule has 1 amide bonds. The van der Waals surface area contributed by atoms with Crippen molar-refractivity contribution in [1.82, 2.24) is 0 Å². The molecule has 0 aliphatic rings. The van der Waals surface area contributed by atoms with Crippen LogP contribution in [0.1, 0.15) is 25.8 Å². The van der Waals surface area contributed by atoms with Crippen molar-refractivity contribution in [2.24, 2.45) is 5.73 Å². The van der Waals surface area contributed by atoms with E-state index in [4.69, 9.17) is 15.2 Å². The van der Waals surface area contributed by atoms with Gasteiger partial charge in [-0.05, 0) is 38.0 Å². The summed E-state index contributed by atoms with van der Waals surface area (Å²) in [5, 5.41) is 0. The van der Waals surface area contributed by atoms with Crippen LogP contribution in [0.3, 0.4) is 0 Å². The zero-order chi connectivity index (χ0) is 12.7. The Morgan fingerprint density at radius 3 is 2.41 bits per heavy atom. The SMILES string of the molecule is CCOc1ccc(CCC(N)=O)cc1OCC. The summed E-state index contributed by atoms with van der Waals surface area (Å²) in [6.45, 7) is 5.03. The minimum atomic E-state index is -0.295. The van der Waals surface area contributed by atoms with Gasteiger partial charge in [0.1, 0.15) is 0 Å². The fourth-order valence-corrected chi connectivity index (χ4v) is 1.52. The lowest BCUT2D eigenvalue weighted by Crippen LogP contribution is -2.11. The standard InChI is InChI=1S/C13H19NO3/c1-3-16-11-7-5-10(6-8-13(14)15)9-12(11)17-4-2/h5,7,9H,3-4,6,8H2,1-2H3,(H2,14,15). The third-order valence-electron chi connectivity index (χ3n) is 2.27. The molecule has 2 N–H and O–H groups in total. The molecule has 0 aliphatic carbocycles. The van der Waals surface area contributed by atoms with Crippen LogP contribution < -0.4 is 15.2 Å². The van der Waals surface area contributed by atoms with Crippen molar-refractivity contribution in [3.8, 4) is 11.5 Å². The lowest BCUT2D eigenvalue weighted by molar-refractivity contribution is -0.117. The van der Waals surface area contributed by atoms with Gasteiger partial charge in [0.15, 0.2) is 11.5 Å². The molecular formula is C13H19NO3. The van der Waals surface area contributed by atoms with Crippen LogP contribution in [0.25, 0.3) is 0 Å². The highest BCUT2D eigenvalue weighted by molar-refractivity contribution is 5.74. The van der Waals surface area contributed by atoms with Gasteiger partial charge in [-0.15, -0.1) is 0 Å². The molecule has 1 rings (SSSR count). The number of primary amides is 1. The van der Waals surface area contributed by atoms with Crippen molar-refractivity contribution in [2.45, 2.75) is 26.7 Å².